The van der Waals surface area contributed by atoms with Gasteiger partial charge in [0.1, 0.15) is 0 Å². The van der Waals surface area contributed by atoms with Gasteiger partial charge in [-0.3, -0.25) is 0 Å². The van der Waals surface area contributed by atoms with E-state index in [0.29, 0.717) is 0 Å². The second-order valence-corrected chi connectivity index (χ2v) is 4.15. The van der Waals surface area contributed by atoms with Gasteiger partial charge in [-0.1, -0.05) is 6.42 Å². The van der Waals surface area contributed by atoms with Gasteiger partial charge in [0.05, 0.1) is 0 Å². The zero-order valence-corrected chi connectivity index (χ0v) is 10.3. The van der Waals surface area contributed by atoms with Crippen LogP contribution in [0.3, 0.4) is 0 Å². The number of nitrogens with zero attached hydrogens (tertiary/aromatic N) is 1. The zero-order valence-electron chi connectivity index (χ0n) is 8.71. The highest BCUT2D eigenvalue weighted by atomic mass is 35.5. The molecule has 14 heavy (non-hydrogen) atoms. The van der Waals surface area contributed by atoms with E-state index >= 15 is 0 Å². The first-order valence-electron chi connectivity index (χ1n) is 5.41. The molecular formula is C10H22Cl2N2. The largest absolute Gasteiger partial charge is 0.313 e. The topological polar surface area (TPSA) is 15.3 Å². The van der Waals surface area contributed by atoms with Gasteiger partial charge < -0.3 is 10.2 Å². The maximum absolute atomic E-state index is 3.56. The molecule has 2 aliphatic heterocycles. The Bertz CT molecular complexity index is 132. The molecule has 0 saturated carbocycles. The minimum Gasteiger partial charge on any atom is -0.313 e. The maximum Gasteiger partial charge on any atom is 0.0195 e. The number of halogens is 2. The molecule has 4 heteroatoms. The highest BCUT2D eigenvalue weighted by Crippen LogP contribution is 2.12. The molecule has 0 aliphatic carbocycles. The molecule has 2 fully saturated rings. The molecule has 2 aliphatic rings. The Hall–Kier alpha value is 0.500. The lowest BCUT2D eigenvalue weighted by molar-refractivity contribution is 0.210. The van der Waals surface area contributed by atoms with Gasteiger partial charge in [-0.05, 0) is 45.3 Å². The molecule has 1 N–H and O–H groups in total. The molecule has 0 amide bonds. The molecule has 0 spiro atoms. The minimum absolute atomic E-state index is 0. The van der Waals surface area contributed by atoms with Crippen molar-refractivity contribution in [1.29, 1.82) is 0 Å². The van der Waals surface area contributed by atoms with Crippen molar-refractivity contribution in [3.63, 3.8) is 0 Å². The summed E-state index contributed by atoms with van der Waals surface area (Å²) >= 11 is 0. The van der Waals surface area contributed by atoms with Crippen LogP contribution in [-0.4, -0.2) is 37.1 Å². The molecule has 2 rings (SSSR count). The van der Waals surface area contributed by atoms with Crippen LogP contribution in [0.2, 0.25) is 0 Å². The lowest BCUT2D eigenvalue weighted by Crippen LogP contribution is -2.40. The standard InChI is InChI=1S/C10H20N2.2ClH/c1-2-7-12(8-3-1)9-10-5-4-6-11-10;;/h10-11H,1-9H2;2*1H/t10-;;/m1../s1. The average molecular weight is 241 g/mol. The van der Waals surface area contributed by atoms with Gasteiger partial charge >= 0.3 is 0 Å². The van der Waals surface area contributed by atoms with Crippen LogP contribution in [0.5, 0.6) is 0 Å². The van der Waals surface area contributed by atoms with E-state index in [1.807, 2.05) is 0 Å². The third-order valence-electron chi connectivity index (χ3n) is 3.09. The Labute approximate surface area is 99.6 Å². The molecule has 0 bridgehead atoms. The van der Waals surface area contributed by atoms with Crippen molar-refractivity contribution in [1.82, 2.24) is 10.2 Å². The van der Waals surface area contributed by atoms with Crippen LogP contribution in [0, 0.1) is 0 Å². The highest BCUT2D eigenvalue weighted by molar-refractivity contribution is 5.85. The molecule has 1 atom stereocenters. The van der Waals surface area contributed by atoms with Gasteiger partial charge in [-0.25, -0.2) is 0 Å². The Balaban J connectivity index is 0.000000845. The first-order chi connectivity index (χ1) is 5.95. The van der Waals surface area contributed by atoms with E-state index in [4.69, 9.17) is 0 Å². The van der Waals surface area contributed by atoms with Crippen molar-refractivity contribution >= 4 is 24.8 Å². The van der Waals surface area contributed by atoms with Crippen LogP contribution in [0.15, 0.2) is 0 Å². The van der Waals surface area contributed by atoms with Crippen LogP contribution >= 0.6 is 24.8 Å². The van der Waals surface area contributed by atoms with Gasteiger partial charge in [0.15, 0.2) is 0 Å². The third kappa shape index (κ3) is 4.35. The number of likely N-dealkylation sites (tertiary alicyclic amines) is 1. The molecule has 0 unspecified atom stereocenters. The lowest BCUT2D eigenvalue weighted by Gasteiger charge is -2.28. The summed E-state index contributed by atoms with van der Waals surface area (Å²) in [6.45, 7) is 5.24. The van der Waals surface area contributed by atoms with Crippen LogP contribution < -0.4 is 5.32 Å². The molecular weight excluding hydrogens is 219 g/mol. The summed E-state index contributed by atoms with van der Waals surface area (Å²) in [4.78, 5) is 2.63. The van der Waals surface area contributed by atoms with E-state index in [2.05, 4.69) is 10.2 Å². The van der Waals surface area contributed by atoms with Crippen molar-refractivity contribution in [2.75, 3.05) is 26.2 Å². The van der Waals surface area contributed by atoms with Crippen molar-refractivity contribution < 1.29 is 0 Å². The summed E-state index contributed by atoms with van der Waals surface area (Å²) in [6, 6.07) is 0.808. The molecule has 2 heterocycles. The highest BCUT2D eigenvalue weighted by Gasteiger charge is 2.18. The smallest absolute Gasteiger partial charge is 0.0195 e. The number of rotatable bonds is 2. The first-order valence-corrected chi connectivity index (χ1v) is 5.41. The predicted octanol–water partition coefficient (Wildman–Crippen LogP) is 2.07. The normalized spacial score (nSPS) is 27.9. The Morgan fingerprint density at radius 1 is 1.00 bits per heavy atom. The number of hydrogen-bond acceptors (Lipinski definition) is 2. The van der Waals surface area contributed by atoms with Gasteiger partial charge in [0.2, 0.25) is 0 Å². The second kappa shape index (κ2) is 7.75. The van der Waals surface area contributed by atoms with Crippen molar-refractivity contribution in [2.45, 2.75) is 38.1 Å². The van der Waals surface area contributed by atoms with Crippen LogP contribution in [0.25, 0.3) is 0 Å². The van der Waals surface area contributed by atoms with E-state index in [0.717, 1.165) is 6.04 Å². The quantitative estimate of drug-likeness (QED) is 0.796. The first kappa shape index (κ1) is 14.5. The third-order valence-corrected chi connectivity index (χ3v) is 3.09. The molecule has 86 valence electrons. The maximum atomic E-state index is 3.56. The van der Waals surface area contributed by atoms with Crippen molar-refractivity contribution in [3.05, 3.63) is 0 Å². The monoisotopic (exact) mass is 240 g/mol. The minimum atomic E-state index is 0. The zero-order chi connectivity index (χ0) is 8.23. The van der Waals surface area contributed by atoms with E-state index in [-0.39, 0.29) is 24.8 Å². The fraction of sp³-hybridized carbons (Fsp3) is 1.00. The Morgan fingerprint density at radius 2 is 1.71 bits per heavy atom. The molecule has 0 aromatic rings. The summed E-state index contributed by atoms with van der Waals surface area (Å²) < 4.78 is 0. The van der Waals surface area contributed by atoms with E-state index < -0.39 is 0 Å². The average Bonchev–Trinajstić information content (AvgIpc) is 2.59. The van der Waals surface area contributed by atoms with Crippen LogP contribution in [0.4, 0.5) is 0 Å². The van der Waals surface area contributed by atoms with Crippen molar-refractivity contribution in [3.8, 4) is 0 Å². The molecule has 2 nitrogen and oxygen atoms in total. The van der Waals surface area contributed by atoms with Gasteiger partial charge in [0.25, 0.3) is 0 Å². The number of piperidine rings is 1. The van der Waals surface area contributed by atoms with Crippen LogP contribution in [0.1, 0.15) is 32.1 Å². The Morgan fingerprint density at radius 3 is 2.29 bits per heavy atom. The summed E-state index contributed by atoms with van der Waals surface area (Å²) in [5.41, 5.74) is 0. The lowest BCUT2D eigenvalue weighted by atomic mass is 10.1. The fourth-order valence-electron chi connectivity index (χ4n) is 2.37. The summed E-state index contributed by atoms with van der Waals surface area (Å²) in [6.07, 6.45) is 7.09. The number of nitrogens with one attached hydrogen (secondary N) is 1. The van der Waals surface area contributed by atoms with Gasteiger partial charge in [-0.2, -0.15) is 0 Å². The van der Waals surface area contributed by atoms with E-state index in [9.17, 15) is 0 Å². The van der Waals surface area contributed by atoms with E-state index in [1.165, 1.54) is 58.3 Å². The van der Waals surface area contributed by atoms with Crippen LogP contribution in [-0.2, 0) is 0 Å². The predicted molar refractivity (Wildman–Crippen MR) is 65.8 cm³/mol. The molecule has 0 radical (unpaired) electrons. The van der Waals surface area contributed by atoms with Crippen molar-refractivity contribution in [2.24, 2.45) is 0 Å². The summed E-state index contributed by atoms with van der Waals surface area (Å²) in [7, 11) is 0. The summed E-state index contributed by atoms with van der Waals surface area (Å²) in [5.74, 6) is 0. The Kier molecular flexibility index (Phi) is 8.02. The fourth-order valence-corrected chi connectivity index (χ4v) is 2.37. The molecule has 0 aromatic carbocycles. The SMILES string of the molecule is C1CCN(C[C@H]2CCCN2)CC1.Cl.Cl. The van der Waals surface area contributed by atoms with Gasteiger partial charge in [-0.15, -0.1) is 24.8 Å². The summed E-state index contributed by atoms with van der Waals surface area (Å²) in [5, 5.41) is 3.56. The van der Waals surface area contributed by atoms with Gasteiger partial charge in [0, 0.05) is 12.6 Å². The second-order valence-electron chi connectivity index (χ2n) is 4.15. The molecule has 0 aromatic heterocycles. The number of hydrogen-bond donors (Lipinski definition) is 1. The molecule has 2 saturated heterocycles. The van der Waals surface area contributed by atoms with E-state index in [1.54, 1.807) is 0 Å².